The molecule has 5 heteroatoms. The van der Waals surface area contributed by atoms with Crippen LogP contribution in [0.2, 0.25) is 0 Å². The quantitative estimate of drug-likeness (QED) is 0.732. The Balaban J connectivity index is 2.18. The van der Waals surface area contributed by atoms with Gasteiger partial charge in [-0.3, -0.25) is 0 Å². The van der Waals surface area contributed by atoms with Gasteiger partial charge < -0.3 is 5.73 Å². The van der Waals surface area contributed by atoms with Gasteiger partial charge >= 0.3 is 0 Å². The third-order valence-electron chi connectivity index (χ3n) is 2.09. The molecule has 0 spiro atoms. The summed E-state index contributed by atoms with van der Waals surface area (Å²) >= 11 is 1.38. The van der Waals surface area contributed by atoms with Gasteiger partial charge in [-0.25, -0.2) is 13.8 Å². The number of hydrogen-bond donors (Lipinski definition) is 1. The zero-order valence-electron chi connectivity index (χ0n) is 6.26. The first-order chi connectivity index (χ1) is 5.52. The van der Waals surface area contributed by atoms with Crippen LogP contribution >= 0.6 is 11.3 Å². The second kappa shape index (κ2) is 2.23. The summed E-state index contributed by atoms with van der Waals surface area (Å²) in [5, 5.41) is 1.73. The maximum Gasteiger partial charge on any atom is 0.252 e. The Hall–Kier alpha value is -0.550. The average molecular weight is 190 g/mol. The number of halogens is 2. The second-order valence-electron chi connectivity index (χ2n) is 3.24. The molecule has 1 aromatic heterocycles. The number of aromatic nitrogens is 1. The smallest absolute Gasteiger partial charge is 0.252 e. The normalized spacial score (nSPS) is 24.9. The van der Waals surface area contributed by atoms with Crippen molar-refractivity contribution in [2.24, 2.45) is 5.73 Å². The van der Waals surface area contributed by atoms with E-state index in [1.165, 1.54) is 11.3 Å². The van der Waals surface area contributed by atoms with E-state index in [0.29, 0.717) is 5.69 Å². The van der Waals surface area contributed by atoms with E-state index in [0.717, 1.165) is 0 Å². The lowest BCUT2D eigenvalue weighted by atomic mass is 9.72. The fourth-order valence-corrected chi connectivity index (χ4v) is 2.17. The molecule has 0 aliphatic heterocycles. The van der Waals surface area contributed by atoms with Crippen LogP contribution in [-0.4, -0.2) is 10.9 Å². The highest BCUT2D eigenvalue weighted by Gasteiger charge is 2.56. The summed E-state index contributed by atoms with van der Waals surface area (Å²) in [5.41, 5.74) is 7.04. The molecule has 0 unspecified atom stereocenters. The Morgan fingerprint density at radius 1 is 1.50 bits per heavy atom. The van der Waals surface area contributed by atoms with E-state index < -0.39 is 11.5 Å². The Labute approximate surface area is 72.4 Å². The SMILES string of the molecule is NC1(c2cscn2)CC(F)(F)C1. The minimum Gasteiger partial charge on any atom is -0.320 e. The van der Waals surface area contributed by atoms with Gasteiger partial charge in [0.2, 0.25) is 0 Å². The number of nitrogens with zero attached hydrogens (tertiary/aromatic N) is 1. The largest absolute Gasteiger partial charge is 0.320 e. The van der Waals surface area contributed by atoms with Crippen LogP contribution in [0.5, 0.6) is 0 Å². The van der Waals surface area contributed by atoms with Gasteiger partial charge in [0.1, 0.15) is 0 Å². The van der Waals surface area contributed by atoms with Crippen molar-refractivity contribution in [3.8, 4) is 0 Å². The molecule has 0 bridgehead atoms. The van der Waals surface area contributed by atoms with Crippen LogP contribution in [0.25, 0.3) is 0 Å². The van der Waals surface area contributed by atoms with Crippen molar-refractivity contribution in [2.45, 2.75) is 24.3 Å². The van der Waals surface area contributed by atoms with Crippen LogP contribution in [-0.2, 0) is 5.54 Å². The maximum atomic E-state index is 12.5. The lowest BCUT2D eigenvalue weighted by molar-refractivity contribution is -0.126. The van der Waals surface area contributed by atoms with Crippen molar-refractivity contribution in [3.63, 3.8) is 0 Å². The number of nitrogens with two attached hydrogens (primary N) is 1. The van der Waals surface area contributed by atoms with Gasteiger partial charge in [-0.1, -0.05) is 0 Å². The van der Waals surface area contributed by atoms with Crippen LogP contribution in [0.15, 0.2) is 10.9 Å². The summed E-state index contributed by atoms with van der Waals surface area (Å²) in [5.74, 6) is -2.58. The van der Waals surface area contributed by atoms with Crippen molar-refractivity contribution in [3.05, 3.63) is 16.6 Å². The predicted octanol–water partition coefficient (Wildman–Crippen LogP) is 1.73. The van der Waals surface area contributed by atoms with Gasteiger partial charge in [-0.2, -0.15) is 0 Å². The van der Waals surface area contributed by atoms with Crippen LogP contribution < -0.4 is 5.73 Å². The van der Waals surface area contributed by atoms with Gasteiger partial charge in [-0.05, 0) is 0 Å². The molecule has 1 aromatic rings. The minimum atomic E-state index is -2.58. The number of hydrogen-bond acceptors (Lipinski definition) is 3. The first-order valence-corrected chi connectivity index (χ1v) is 4.52. The molecule has 1 aliphatic carbocycles. The molecule has 1 saturated carbocycles. The van der Waals surface area contributed by atoms with Crippen LogP contribution in [0.3, 0.4) is 0 Å². The molecule has 0 amide bonds. The third-order valence-corrected chi connectivity index (χ3v) is 2.68. The fraction of sp³-hybridized carbons (Fsp3) is 0.571. The summed E-state index contributed by atoms with van der Waals surface area (Å²) in [7, 11) is 0. The third kappa shape index (κ3) is 1.13. The van der Waals surface area contributed by atoms with Crippen LogP contribution in [0.1, 0.15) is 18.5 Å². The molecule has 12 heavy (non-hydrogen) atoms. The minimum absolute atomic E-state index is 0.274. The van der Waals surface area contributed by atoms with Crippen molar-refractivity contribution in [1.29, 1.82) is 0 Å². The molecule has 1 fully saturated rings. The summed E-state index contributed by atoms with van der Waals surface area (Å²) in [6, 6.07) is 0. The highest BCUT2D eigenvalue weighted by Crippen LogP contribution is 2.49. The van der Waals surface area contributed by atoms with Crippen LogP contribution in [0, 0.1) is 0 Å². The highest BCUT2D eigenvalue weighted by atomic mass is 32.1. The Morgan fingerprint density at radius 3 is 2.58 bits per heavy atom. The van der Waals surface area contributed by atoms with Crippen molar-refractivity contribution >= 4 is 11.3 Å². The summed E-state index contributed by atoms with van der Waals surface area (Å²) < 4.78 is 25.0. The van der Waals surface area contributed by atoms with Gasteiger partial charge in [0, 0.05) is 18.2 Å². The Morgan fingerprint density at radius 2 is 2.17 bits per heavy atom. The van der Waals surface area contributed by atoms with E-state index in [1.54, 1.807) is 10.9 Å². The first kappa shape index (κ1) is 8.07. The maximum absolute atomic E-state index is 12.5. The van der Waals surface area contributed by atoms with Gasteiger partial charge in [0.25, 0.3) is 5.92 Å². The van der Waals surface area contributed by atoms with Crippen molar-refractivity contribution in [1.82, 2.24) is 4.98 Å². The molecule has 1 heterocycles. The second-order valence-corrected chi connectivity index (χ2v) is 3.96. The van der Waals surface area contributed by atoms with E-state index in [-0.39, 0.29) is 12.8 Å². The number of thiazole rings is 1. The van der Waals surface area contributed by atoms with Gasteiger partial charge in [-0.15, -0.1) is 11.3 Å². The molecular formula is C7H8F2N2S. The Bertz CT molecular complexity index is 276. The number of rotatable bonds is 1. The lowest BCUT2D eigenvalue weighted by Crippen LogP contribution is -2.55. The van der Waals surface area contributed by atoms with Crippen molar-refractivity contribution in [2.75, 3.05) is 0 Å². The van der Waals surface area contributed by atoms with E-state index in [4.69, 9.17) is 5.73 Å². The lowest BCUT2D eigenvalue weighted by Gasteiger charge is -2.43. The summed E-state index contributed by atoms with van der Waals surface area (Å²) in [6.45, 7) is 0. The molecule has 2 rings (SSSR count). The molecule has 2 N–H and O–H groups in total. The predicted molar refractivity (Wildman–Crippen MR) is 42.2 cm³/mol. The Kier molecular flexibility index (Phi) is 1.50. The molecule has 0 aromatic carbocycles. The monoisotopic (exact) mass is 190 g/mol. The van der Waals surface area contributed by atoms with E-state index in [2.05, 4.69) is 4.98 Å². The summed E-state index contributed by atoms with van der Waals surface area (Å²) in [4.78, 5) is 3.94. The van der Waals surface area contributed by atoms with Gasteiger partial charge in [0.05, 0.1) is 16.7 Å². The average Bonchev–Trinajstić information content (AvgIpc) is 2.31. The molecule has 0 atom stereocenters. The van der Waals surface area contributed by atoms with E-state index in [9.17, 15) is 8.78 Å². The zero-order chi connectivity index (χ0) is 8.82. The molecule has 1 aliphatic rings. The van der Waals surface area contributed by atoms with Crippen LogP contribution in [0.4, 0.5) is 8.78 Å². The molecule has 0 saturated heterocycles. The molecule has 66 valence electrons. The highest BCUT2D eigenvalue weighted by molar-refractivity contribution is 7.07. The number of alkyl halides is 2. The standard InChI is InChI=1S/C7H8F2N2S/c8-7(9)2-6(10,3-7)5-1-12-4-11-5/h1,4H,2-3,10H2. The fourth-order valence-electron chi connectivity index (χ4n) is 1.51. The summed E-state index contributed by atoms with van der Waals surface area (Å²) in [6.07, 6.45) is -0.548. The molecule has 0 radical (unpaired) electrons. The van der Waals surface area contributed by atoms with Gasteiger partial charge in [0.15, 0.2) is 0 Å². The molecular weight excluding hydrogens is 182 g/mol. The topological polar surface area (TPSA) is 38.9 Å². The first-order valence-electron chi connectivity index (χ1n) is 3.57. The van der Waals surface area contributed by atoms with E-state index in [1.807, 2.05) is 0 Å². The van der Waals surface area contributed by atoms with E-state index >= 15 is 0 Å². The zero-order valence-corrected chi connectivity index (χ0v) is 7.07. The van der Waals surface area contributed by atoms with Crippen molar-refractivity contribution < 1.29 is 8.78 Å². The molecule has 2 nitrogen and oxygen atoms in total.